The molecule has 1 aliphatic heterocycles. The Morgan fingerprint density at radius 3 is 2.82 bits per heavy atom. The Bertz CT molecular complexity index is 472. The molecule has 0 radical (unpaired) electrons. The molecular formula is C14H16O3. The van der Waals surface area contributed by atoms with Crippen molar-refractivity contribution in [2.75, 3.05) is 13.7 Å². The minimum Gasteiger partial charge on any atom is -0.493 e. The van der Waals surface area contributed by atoms with Gasteiger partial charge < -0.3 is 9.47 Å². The van der Waals surface area contributed by atoms with E-state index in [0.29, 0.717) is 23.7 Å². The fourth-order valence-electron chi connectivity index (χ4n) is 1.95. The van der Waals surface area contributed by atoms with Crippen LogP contribution in [-0.2, 0) is 4.79 Å². The van der Waals surface area contributed by atoms with E-state index in [9.17, 15) is 4.79 Å². The van der Waals surface area contributed by atoms with Gasteiger partial charge in [-0.1, -0.05) is 32.1 Å². The van der Waals surface area contributed by atoms with E-state index in [1.54, 1.807) is 7.11 Å². The van der Waals surface area contributed by atoms with Gasteiger partial charge >= 0.3 is 0 Å². The molecule has 0 N–H and O–H groups in total. The first kappa shape index (κ1) is 11.7. The summed E-state index contributed by atoms with van der Waals surface area (Å²) in [6.07, 6.45) is 2.82. The lowest BCUT2D eigenvalue weighted by Crippen LogP contribution is -2.17. The molecule has 0 saturated carbocycles. The molecule has 0 amide bonds. The number of hydrogen-bond acceptors (Lipinski definition) is 3. The van der Waals surface area contributed by atoms with Crippen LogP contribution >= 0.6 is 0 Å². The molecule has 0 saturated heterocycles. The number of carbonyl (C=O) groups excluding carboxylic acids is 1. The first-order valence-electron chi connectivity index (χ1n) is 5.55. The third kappa shape index (κ3) is 2.18. The van der Waals surface area contributed by atoms with Crippen molar-refractivity contribution in [2.45, 2.75) is 13.8 Å². The monoisotopic (exact) mass is 232 g/mol. The van der Waals surface area contributed by atoms with Crippen LogP contribution in [-0.4, -0.2) is 20.0 Å². The second kappa shape index (κ2) is 4.24. The molecule has 0 unspecified atom stereocenters. The van der Waals surface area contributed by atoms with Gasteiger partial charge in [-0.3, -0.25) is 4.79 Å². The van der Waals surface area contributed by atoms with Gasteiger partial charge in [0.1, 0.15) is 6.29 Å². The number of carbonyl (C=O) groups is 1. The zero-order valence-corrected chi connectivity index (χ0v) is 10.3. The summed E-state index contributed by atoms with van der Waals surface area (Å²) in [5.74, 6) is 1.31. The van der Waals surface area contributed by atoms with Crippen molar-refractivity contribution in [3.05, 3.63) is 29.8 Å². The van der Waals surface area contributed by atoms with E-state index in [1.807, 2.05) is 38.1 Å². The van der Waals surface area contributed by atoms with Crippen molar-refractivity contribution in [1.82, 2.24) is 0 Å². The second-order valence-electron chi connectivity index (χ2n) is 4.83. The first-order valence-corrected chi connectivity index (χ1v) is 5.55. The SMILES string of the molecule is COc1cccc2c1OCC(C)(C)C=C2C=O. The van der Waals surface area contributed by atoms with Crippen LogP contribution in [0.4, 0.5) is 0 Å². The Morgan fingerprint density at radius 1 is 1.41 bits per heavy atom. The molecule has 1 aromatic carbocycles. The molecule has 0 aliphatic carbocycles. The molecule has 90 valence electrons. The fraction of sp³-hybridized carbons (Fsp3) is 0.357. The molecular weight excluding hydrogens is 216 g/mol. The first-order chi connectivity index (χ1) is 8.07. The summed E-state index contributed by atoms with van der Waals surface area (Å²) in [5.41, 5.74) is 1.28. The van der Waals surface area contributed by atoms with Crippen LogP contribution in [0.3, 0.4) is 0 Å². The molecule has 3 heteroatoms. The summed E-state index contributed by atoms with van der Waals surface area (Å²) in [6, 6.07) is 5.57. The third-order valence-electron chi connectivity index (χ3n) is 2.77. The van der Waals surface area contributed by atoms with Crippen molar-refractivity contribution in [1.29, 1.82) is 0 Å². The van der Waals surface area contributed by atoms with Gasteiger partial charge in [-0.05, 0) is 6.07 Å². The quantitative estimate of drug-likeness (QED) is 0.735. The maximum Gasteiger partial charge on any atom is 0.169 e. The van der Waals surface area contributed by atoms with E-state index in [4.69, 9.17) is 9.47 Å². The van der Waals surface area contributed by atoms with E-state index in [2.05, 4.69) is 0 Å². The Labute approximate surface area is 101 Å². The minimum atomic E-state index is -0.166. The van der Waals surface area contributed by atoms with Gasteiger partial charge in [-0.15, -0.1) is 0 Å². The van der Waals surface area contributed by atoms with E-state index < -0.39 is 0 Å². The van der Waals surface area contributed by atoms with Gasteiger partial charge in [0.15, 0.2) is 11.5 Å². The lowest BCUT2D eigenvalue weighted by atomic mass is 9.91. The second-order valence-corrected chi connectivity index (χ2v) is 4.83. The van der Waals surface area contributed by atoms with E-state index in [-0.39, 0.29) is 5.41 Å². The van der Waals surface area contributed by atoms with E-state index in [0.717, 1.165) is 11.8 Å². The van der Waals surface area contributed by atoms with Crippen molar-refractivity contribution in [3.63, 3.8) is 0 Å². The Hall–Kier alpha value is -1.77. The number of methoxy groups -OCH3 is 1. The summed E-state index contributed by atoms with van der Waals surface area (Å²) in [7, 11) is 1.60. The van der Waals surface area contributed by atoms with Crippen molar-refractivity contribution in [3.8, 4) is 11.5 Å². The van der Waals surface area contributed by atoms with Gasteiger partial charge in [0.25, 0.3) is 0 Å². The molecule has 1 aromatic rings. The lowest BCUT2D eigenvalue weighted by Gasteiger charge is -2.19. The third-order valence-corrected chi connectivity index (χ3v) is 2.77. The van der Waals surface area contributed by atoms with Crippen LogP contribution in [0.1, 0.15) is 19.4 Å². The van der Waals surface area contributed by atoms with Crippen LogP contribution in [0.15, 0.2) is 24.3 Å². The van der Waals surface area contributed by atoms with Crippen LogP contribution in [0, 0.1) is 5.41 Å². The fourth-order valence-corrected chi connectivity index (χ4v) is 1.95. The molecule has 2 rings (SSSR count). The van der Waals surface area contributed by atoms with Crippen LogP contribution < -0.4 is 9.47 Å². The highest BCUT2D eigenvalue weighted by Gasteiger charge is 2.25. The van der Waals surface area contributed by atoms with Crippen molar-refractivity contribution < 1.29 is 14.3 Å². The highest BCUT2D eigenvalue weighted by atomic mass is 16.5. The van der Waals surface area contributed by atoms with Gasteiger partial charge in [-0.2, -0.15) is 0 Å². The molecule has 0 spiro atoms. The Morgan fingerprint density at radius 2 is 2.18 bits per heavy atom. The number of aldehydes is 1. The van der Waals surface area contributed by atoms with Crippen LogP contribution in [0.25, 0.3) is 5.57 Å². The smallest absolute Gasteiger partial charge is 0.169 e. The van der Waals surface area contributed by atoms with Crippen LogP contribution in [0.5, 0.6) is 11.5 Å². The molecule has 0 atom stereocenters. The Balaban J connectivity index is 2.60. The molecule has 0 aromatic heterocycles. The van der Waals surface area contributed by atoms with E-state index >= 15 is 0 Å². The predicted octanol–water partition coefficient (Wildman–Crippen LogP) is 2.70. The summed E-state index contributed by atoms with van der Waals surface area (Å²) in [6.45, 7) is 4.60. The number of benzene rings is 1. The van der Waals surface area contributed by atoms with Gasteiger partial charge in [0.2, 0.25) is 0 Å². The summed E-state index contributed by atoms with van der Waals surface area (Å²) in [5, 5.41) is 0. The number of fused-ring (bicyclic) bond motifs is 1. The summed E-state index contributed by atoms with van der Waals surface area (Å²) < 4.78 is 11.0. The molecule has 1 heterocycles. The highest BCUT2D eigenvalue weighted by molar-refractivity contribution is 6.08. The zero-order chi connectivity index (χ0) is 12.5. The number of hydrogen-bond donors (Lipinski definition) is 0. The average molecular weight is 232 g/mol. The number of allylic oxidation sites excluding steroid dienone is 1. The normalized spacial score (nSPS) is 17.2. The molecule has 17 heavy (non-hydrogen) atoms. The van der Waals surface area contributed by atoms with Crippen LogP contribution in [0.2, 0.25) is 0 Å². The topological polar surface area (TPSA) is 35.5 Å². The van der Waals surface area contributed by atoms with Crippen molar-refractivity contribution in [2.24, 2.45) is 5.41 Å². The zero-order valence-electron chi connectivity index (χ0n) is 10.3. The maximum atomic E-state index is 11.2. The highest BCUT2D eigenvalue weighted by Crippen LogP contribution is 2.39. The standard InChI is InChI=1S/C14H16O3/c1-14(2)7-10(8-15)11-5-4-6-12(16-3)13(11)17-9-14/h4-8H,9H2,1-3H3. The number of rotatable bonds is 2. The van der Waals surface area contributed by atoms with E-state index in [1.165, 1.54) is 0 Å². The predicted molar refractivity (Wildman–Crippen MR) is 66.3 cm³/mol. The molecule has 0 fully saturated rings. The summed E-state index contributed by atoms with van der Waals surface area (Å²) >= 11 is 0. The maximum absolute atomic E-state index is 11.2. The number of ether oxygens (including phenoxy) is 2. The number of para-hydroxylation sites is 1. The lowest BCUT2D eigenvalue weighted by molar-refractivity contribution is -0.103. The molecule has 3 nitrogen and oxygen atoms in total. The molecule has 0 bridgehead atoms. The van der Waals surface area contributed by atoms with Gasteiger partial charge in [0.05, 0.1) is 13.7 Å². The van der Waals surface area contributed by atoms with Gasteiger partial charge in [-0.25, -0.2) is 0 Å². The minimum absolute atomic E-state index is 0.166. The largest absolute Gasteiger partial charge is 0.493 e. The average Bonchev–Trinajstić information content (AvgIpc) is 2.45. The Kier molecular flexibility index (Phi) is 2.92. The van der Waals surface area contributed by atoms with Crippen molar-refractivity contribution >= 4 is 11.9 Å². The summed E-state index contributed by atoms with van der Waals surface area (Å²) in [4.78, 5) is 11.2. The molecule has 1 aliphatic rings. The van der Waals surface area contributed by atoms with Gasteiger partial charge in [0, 0.05) is 16.6 Å².